The second-order valence-corrected chi connectivity index (χ2v) is 4.32. The summed E-state index contributed by atoms with van der Waals surface area (Å²) in [7, 11) is 0. The van der Waals surface area contributed by atoms with Gasteiger partial charge in [-0.1, -0.05) is 19.9 Å². The Kier molecular flexibility index (Phi) is 2.55. The smallest absolute Gasteiger partial charge is 0.123 e. The summed E-state index contributed by atoms with van der Waals surface area (Å²) in [6, 6.07) is 5.16. The third-order valence-corrected chi connectivity index (χ3v) is 2.99. The highest BCUT2D eigenvalue weighted by atomic mass is 19.1. The van der Waals surface area contributed by atoms with Crippen LogP contribution >= 0.6 is 0 Å². The fourth-order valence-electron chi connectivity index (χ4n) is 2.16. The van der Waals surface area contributed by atoms with Crippen molar-refractivity contribution in [1.82, 2.24) is 5.32 Å². The van der Waals surface area contributed by atoms with Gasteiger partial charge in [-0.2, -0.15) is 0 Å². The molecular formula is C12H16FN. The van der Waals surface area contributed by atoms with Crippen molar-refractivity contribution in [2.45, 2.75) is 26.3 Å². The van der Waals surface area contributed by atoms with Crippen molar-refractivity contribution >= 4 is 0 Å². The first-order chi connectivity index (χ1) is 6.68. The fraction of sp³-hybridized carbons (Fsp3) is 0.500. The van der Waals surface area contributed by atoms with Crippen molar-refractivity contribution in [3.63, 3.8) is 0 Å². The third kappa shape index (κ3) is 1.67. The Morgan fingerprint density at radius 1 is 1.43 bits per heavy atom. The van der Waals surface area contributed by atoms with E-state index in [1.165, 1.54) is 5.56 Å². The van der Waals surface area contributed by atoms with Crippen LogP contribution in [0, 0.1) is 11.7 Å². The molecule has 1 heterocycles. The molecule has 2 rings (SSSR count). The molecule has 1 aliphatic heterocycles. The molecule has 0 spiro atoms. The molecule has 1 aliphatic rings. The number of fused-ring (bicyclic) bond motifs is 1. The van der Waals surface area contributed by atoms with Gasteiger partial charge < -0.3 is 5.32 Å². The van der Waals surface area contributed by atoms with Crippen LogP contribution in [0.3, 0.4) is 0 Å². The highest BCUT2D eigenvalue weighted by Crippen LogP contribution is 2.30. The first-order valence-corrected chi connectivity index (χ1v) is 5.17. The molecule has 14 heavy (non-hydrogen) atoms. The Bertz CT molecular complexity index is 333. The van der Waals surface area contributed by atoms with Crippen molar-refractivity contribution < 1.29 is 4.39 Å². The first-order valence-electron chi connectivity index (χ1n) is 5.17. The Morgan fingerprint density at radius 2 is 2.21 bits per heavy atom. The Balaban J connectivity index is 2.40. The minimum atomic E-state index is -0.130. The lowest BCUT2D eigenvalue weighted by Crippen LogP contribution is -2.30. The van der Waals surface area contributed by atoms with E-state index in [9.17, 15) is 4.39 Å². The zero-order chi connectivity index (χ0) is 10.1. The maximum Gasteiger partial charge on any atom is 0.123 e. The van der Waals surface area contributed by atoms with E-state index in [4.69, 9.17) is 0 Å². The Hall–Kier alpha value is -0.890. The molecule has 0 radical (unpaired) electrons. The number of rotatable bonds is 1. The SMILES string of the molecule is CC(C)C1CNCc2cc(F)ccc21. The summed E-state index contributed by atoms with van der Waals surface area (Å²) in [5, 5.41) is 3.33. The number of nitrogens with one attached hydrogen (secondary N) is 1. The molecule has 0 amide bonds. The number of halogens is 1. The van der Waals surface area contributed by atoms with E-state index in [1.54, 1.807) is 12.1 Å². The molecule has 1 nitrogen and oxygen atoms in total. The van der Waals surface area contributed by atoms with Crippen LogP contribution in [0.4, 0.5) is 4.39 Å². The molecule has 1 unspecified atom stereocenters. The topological polar surface area (TPSA) is 12.0 Å². The maximum absolute atomic E-state index is 13.0. The van der Waals surface area contributed by atoms with Crippen LogP contribution in [-0.4, -0.2) is 6.54 Å². The molecule has 1 aromatic carbocycles. The average Bonchev–Trinajstić information content (AvgIpc) is 2.16. The van der Waals surface area contributed by atoms with Crippen LogP contribution in [0.25, 0.3) is 0 Å². The second kappa shape index (κ2) is 3.70. The highest BCUT2D eigenvalue weighted by molar-refractivity contribution is 5.33. The van der Waals surface area contributed by atoms with Gasteiger partial charge in [-0.25, -0.2) is 4.39 Å². The molecule has 1 N–H and O–H groups in total. The largest absolute Gasteiger partial charge is 0.312 e. The van der Waals surface area contributed by atoms with E-state index in [2.05, 4.69) is 19.2 Å². The monoisotopic (exact) mass is 193 g/mol. The minimum absolute atomic E-state index is 0.130. The van der Waals surface area contributed by atoms with Crippen LogP contribution in [0.15, 0.2) is 18.2 Å². The van der Waals surface area contributed by atoms with Gasteiger partial charge >= 0.3 is 0 Å². The number of hydrogen-bond donors (Lipinski definition) is 1. The summed E-state index contributed by atoms with van der Waals surface area (Å²) < 4.78 is 13.0. The molecule has 0 bridgehead atoms. The van der Waals surface area contributed by atoms with Crippen LogP contribution in [0.2, 0.25) is 0 Å². The molecule has 0 aliphatic carbocycles. The van der Waals surface area contributed by atoms with Gasteiger partial charge in [-0.15, -0.1) is 0 Å². The van der Waals surface area contributed by atoms with E-state index < -0.39 is 0 Å². The lowest BCUT2D eigenvalue weighted by atomic mass is 9.83. The minimum Gasteiger partial charge on any atom is -0.312 e. The van der Waals surface area contributed by atoms with Crippen molar-refractivity contribution in [3.8, 4) is 0 Å². The van der Waals surface area contributed by atoms with E-state index in [-0.39, 0.29) is 5.82 Å². The summed E-state index contributed by atoms with van der Waals surface area (Å²) in [5.74, 6) is 1.00. The van der Waals surface area contributed by atoms with Gasteiger partial charge in [0.25, 0.3) is 0 Å². The van der Waals surface area contributed by atoms with Crippen LogP contribution in [0.1, 0.15) is 30.9 Å². The molecule has 76 valence electrons. The summed E-state index contributed by atoms with van der Waals surface area (Å²) in [6.45, 7) is 6.24. The highest BCUT2D eigenvalue weighted by Gasteiger charge is 2.22. The normalized spacial score (nSPS) is 21.0. The lowest BCUT2D eigenvalue weighted by Gasteiger charge is -2.29. The molecule has 0 fully saturated rings. The Morgan fingerprint density at radius 3 is 2.93 bits per heavy atom. The number of hydrogen-bond acceptors (Lipinski definition) is 1. The van der Waals surface area contributed by atoms with Crippen molar-refractivity contribution in [2.75, 3.05) is 6.54 Å². The molecular weight excluding hydrogens is 177 g/mol. The van der Waals surface area contributed by atoms with Gasteiger partial charge in [0, 0.05) is 13.1 Å². The molecule has 2 heteroatoms. The first kappa shape index (κ1) is 9.66. The quantitative estimate of drug-likeness (QED) is 0.723. The van der Waals surface area contributed by atoms with Gasteiger partial charge in [0.15, 0.2) is 0 Å². The molecule has 1 aromatic rings. The van der Waals surface area contributed by atoms with Crippen LogP contribution in [-0.2, 0) is 6.54 Å². The van der Waals surface area contributed by atoms with Crippen LogP contribution < -0.4 is 5.32 Å². The van der Waals surface area contributed by atoms with Gasteiger partial charge in [0.2, 0.25) is 0 Å². The van der Waals surface area contributed by atoms with Gasteiger partial charge in [-0.3, -0.25) is 0 Å². The summed E-state index contributed by atoms with van der Waals surface area (Å²) in [6.07, 6.45) is 0. The van der Waals surface area contributed by atoms with E-state index in [0.29, 0.717) is 11.8 Å². The predicted molar refractivity (Wildman–Crippen MR) is 55.7 cm³/mol. The van der Waals surface area contributed by atoms with Gasteiger partial charge in [0.1, 0.15) is 5.82 Å². The summed E-state index contributed by atoms with van der Waals surface area (Å²) in [5.41, 5.74) is 2.44. The van der Waals surface area contributed by atoms with Crippen molar-refractivity contribution in [2.24, 2.45) is 5.92 Å². The van der Waals surface area contributed by atoms with Crippen LogP contribution in [0.5, 0.6) is 0 Å². The van der Waals surface area contributed by atoms with E-state index in [0.717, 1.165) is 18.7 Å². The predicted octanol–water partition coefficient (Wildman–Crippen LogP) is 2.67. The van der Waals surface area contributed by atoms with Gasteiger partial charge in [0.05, 0.1) is 0 Å². The van der Waals surface area contributed by atoms with E-state index >= 15 is 0 Å². The third-order valence-electron chi connectivity index (χ3n) is 2.99. The second-order valence-electron chi connectivity index (χ2n) is 4.32. The molecule has 0 saturated carbocycles. The number of benzene rings is 1. The standard InChI is InChI=1S/C12H16FN/c1-8(2)12-7-14-6-9-5-10(13)3-4-11(9)12/h3-5,8,12,14H,6-7H2,1-2H3. The average molecular weight is 193 g/mol. The maximum atomic E-state index is 13.0. The zero-order valence-electron chi connectivity index (χ0n) is 8.68. The fourth-order valence-corrected chi connectivity index (χ4v) is 2.16. The van der Waals surface area contributed by atoms with E-state index in [1.807, 2.05) is 6.07 Å². The summed E-state index contributed by atoms with van der Waals surface area (Å²) >= 11 is 0. The van der Waals surface area contributed by atoms with Gasteiger partial charge in [-0.05, 0) is 35.1 Å². The molecule has 1 atom stereocenters. The molecule has 0 aromatic heterocycles. The lowest BCUT2D eigenvalue weighted by molar-refractivity contribution is 0.434. The summed E-state index contributed by atoms with van der Waals surface area (Å²) in [4.78, 5) is 0. The zero-order valence-corrected chi connectivity index (χ0v) is 8.68. The van der Waals surface area contributed by atoms with Crippen molar-refractivity contribution in [3.05, 3.63) is 35.1 Å². The Labute approximate surface area is 84.3 Å². The molecule has 0 saturated heterocycles. The van der Waals surface area contributed by atoms with Crippen molar-refractivity contribution in [1.29, 1.82) is 0 Å².